The van der Waals surface area contributed by atoms with E-state index in [1.165, 1.54) is 34.6 Å². The van der Waals surface area contributed by atoms with Crippen LogP contribution in [0.5, 0.6) is 0 Å². The van der Waals surface area contributed by atoms with Gasteiger partial charge in [-0.3, -0.25) is 19.2 Å². The van der Waals surface area contributed by atoms with Crippen molar-refractivity contribution in [1.29, 1.82) is 0 Å². The van der Waals surface area contributed by atoms with Gasteiger partial charge in [-0.05, 0) is 19.2 Å². The number of thiazole rings is 1. The summed E-state index contributed by atoms with van der Waals surface area (Å²) >= 11 is 7.09. The molecule has 0 aromatic carbocycles. The number of aromatic nitrogens is 2. The number of pyridine rings is 1. The van der Waals surface area contributed by atoms with Crippen LogP contribution >= 0.6 is 35.3 Å². The van der Waals surface area contributed by atoms with Crippen molar-refractivity contribution < 1.29 is 19.2 Å². The van der Waals surface area contributed by atoms with Crippen LogP contribution < -0.4 is 16.0 Å². The van der Waals surface area contributed by atoms with Crippen molar-refractivity contribution in [2.24, 2.45) is 5.92 Å². The molecule has 2 aromatic rings. The summed E-state index contributed by atoms with van der Waals surface area (Å²) in [5.74, 6) is -3.05. The Morgan fingerprint density at radius 3 is 2.58 bits per heavy atom. The fraction of sp³-hybridized carbons (Fsp3) is 0.455. The van der Waals surface area contributed by atoms with Gasteiger partial charge >= 0.3 is 11.8 Å². The smallest absolute Gasteiger partial charge is 0.314 e. The molecular weight excluding hydrogens is 529 g/mol. The van der Waals surface area contributed by atoms with E-state index in [1.54, 1.807) is 21.0 Å². The van der Waals surface area contributed by atoms with Crippen molar-refractivity contribution in [3.05, 3.63) is 38.9 Å². The second-order valence-electron chi connectivity index (χ2n) is 8.50. The Morgan fingerprint density at radius 2 is 1.94 bits per heavy atom. The van der Waals surface area contributed by atoms with Gasteiger partial charge < -0.3 is 25.8 Å². The van der Waals surface area contributed by atoms with E-state index in [0.29, 0.717) is 10.0 Å². The number of carbonyl (C=O) groups excluding carboxylic acids is 4. The highest BCUT2D eigenvalue weighted by atomic mass is 35.5. The third-order valence-electron chi connectivity index (χ3n) is 5.52. The van der Waals surface area contributed by atoms with Crippen LogP contribution in [0.25, 0.3) is 0 Å². The zero-order valence-electron chi connectivity index (χ0n) is 20.3. The van der Waals surface area contributed by atoms with E-state index in [9.17, 15) is 19.2 Å². The molecule has 14 heteroatoms. The number of anilines is 1. The standard InChI is InChI=1S/C22H28ClN7O4S.ClH/c1-12(22(34)29(2)3)15(10-25-18(31)19(32)28-17-6-5-13(23)9-24-17)26-20(33)21-27-14-7-8-30(4)11-16(14)35-21;/h5-6,9,12,15H,7-8,10-11H2,1-4H3,(H,25,31)(H,26,33)(H,24,28,32);1H/t12?,15-;/m0./s1. The van der Waals surface area contributed by atoms with E-state index in [-0.39, 0.29) is 30.7 Å². The van der Waals surface area contributed by atoms with Gasteiger partial charge in [-0.25, -0.2) is 9.97 Å². The zero-order chi connectivity index (χ0) is 25.7. The highest BCUT2D eigenvalue weighted by molar-refractivity contribution is 7.13. The molecule has 0 aliphatic carbocycles. The first-order valence-electron chi connectivity index (χ1n) is 10.9. The third-order valence-corrected chi connectivity index (χ3v) is 6.83. The predicted molar refractivity (Wildman–Crippen MR) is 139 cm³/mol. The van der Waals surface area contributed by atoms with E-state index < -0.39 is 29.7 Å². The number of carbonyl (C=O) groups is 4. The first-order chi connectivity index (χ1) is 16.5. The highest BCUT2D eigenvalue weighted by Crippen LogP contribution is 2.24. The second kappa shape index (κ2) is 12.9. The van der Waals surface area contributed by atoms with E-state index in [2.05, 4.69) is 30.8 Å². The van der Waals surface area contributed by atoms with Crippen LogP contribution in [0.3, 0.4) is 0 Å². The molecule has 4 amide bonds. The lowest BCUT2D eigenvalue weighted by molar-refractivity contribution is -0.136. The quantitative estimate of drug-likeness (QED) is 0.434. The molecule has 1 aliphatic rings. The number of amides is 4. The molecule has 196 valence electrons. The number of nitrogens with one attached hydrogen (secondary N) is 3. The summed E-state index contributed by atoms with van der Waals surface area (Å²) in [5.41, 5.74) is 0.910. The first kappa shape index (κ1) is 29.4. The SMILES string of the molecule is CC(C(=O)N(C)C)[C@H](CNC(=O)C(=O)Nc1ccc(Cl)cn1)NC(=O)c1nc2c(s1)CN(C)CC2.Cl. The molecule has 11 nitrogen and oxygen atoms in total. The number of nitrogens with zero attached hydrogens (tertiary/aromatic N) is 4. The van der Waals surface area contributed by atoms with Crippen LogP contribution in [-0.2, 0) is 27.3 Å². The molecule has 2 aromatic heterocycles. The fourth-order valence-electron chi connectivity index (χ4n) is 3.49. The normalized spacial score (nSPS) is 14.5. The van der Waals surface area contributed by atoms with Crippen molar-refractivity contribution in [3.63, 3.8) is 0 Å². The van der Waals surface area contributed by atoms with Gasteiger partial charge in [-0.15, -0.1) is 23.7 Å². The van der Waals surface area contributed by atoms with Gasteiger partial charge in [-0.2, -0.15) is 0 Å². The van der Waals surface area contributed by atoms with E-state index in [0.717, 1.165) is 30.1 Å². The van der Waals surface area contributed by atoms with Crippen molar-refractivity contribution >= 4 is 64.8 Å². The Hall–Kier alpha value is -2.80. The van der Waals surface area contributed by atoms with Crippen LogP contribution in [0, 0.1) is 5.92 Å². The van der Waals surface area contributed by atoms with Crippen molar-refractivity contribution in [2.75, 3.05) is 39.5 Å². The zero-order valence-corrected chi connectivity index (χ0v) is 22.7. The maximum Gasteiger partial charge on any atom is 0.314 e. The lowest BCUT2D eigenvalue weighted by Gasteiger charge is -2.26. The van der Waals surface area contributed by atoms with Crippen LogP contribution in [0.1, 0.15) is 27.3 Å². The molecule has 3 heterocycles. The van der Waals surface area contributed by atoms with Crippen LogP contribution in [0.2, 0.25) is 5.02 Å². The van der Waals surface area contributed by atoms with E-state index >= 15 is 0 Å². The Kier molecular flexibility index (Phi) is 10.6. The second-order valence-corrected chi connectivity index (χ2v) is 10.0. The number of halogens is 2. The molecule has 1 unspecified atom stereocenters. The van der Waals surface area contributed by atoms with Gasteiger partial charge in [-0.1, -0.05) is 18.5 Å². The Morgan fingerprint density at radius 1 is 1.22 bits per heavy atom. The summed E-state index contributed by atoms with van der Waals surface area (Å²) in [6, 6.07) is 2.21. The average molecular weight is 558 g/mol. The summed E-state index contributed by atoms with van der Waals surface area (Å²) in [5, 5.41) is 8.36. The minimum absolute atomic E-state index is 0. The summed E-state index contributed by atoms with van der Waals surface area (Å²) in [6.07, 6.45) is 2.10. The minimum atomic E-state index is -0.937. The summed E-state index contributed by atoms with van der Waals surface area (Å²) in [7, 11) is 5.22. The highest BCUT2D eigenvalue weighted by Gasteiger charge is 2.30. The van der Waals surface area contributed by atoms with E-state index in [1.807, 2.05) is 7.05 Å². The lowest BCUT2D eigenvalue weighted by Crippen LogP contribution is -2.52. The molecule has 3 rings (SSSR count). The van der Waals surface area contributed by atoms with Gasteiger partial charge in [0.05, 0.1) is 22.7 Å². The lowest BCUT2D eigenvalue weighted by atomic mass is 10.00. The van der Waals surface area contributed by atoms with Crippen molar-refractivity contribution in [1.82, 2.24) is 30.4 Å². The van der Waals surface area contributed by atoms with Gasteiger partial charge in [0.2, 0.25) is 5.91 Å². The molecule has 36 heavy (non-hydrogen) atoms. The number of fused-ring (bicyclic) bond motifs is 1. The number of likely N-dealkylation sites (N-methyl/N-ethyl adjacent to an activating group) is 1. The largest absolute Gasteiger partial charge is 0.349 e. The van der Waals surface area contributed by atoms with Crippen molar-refractivity contribution in [3.8, 4) is 0 Å². The Labute approximate surface area is 224 Å². The van der Waals surface area contributed by atoms with Crippen molar-refractivity contribution in [2.45, 2.75) is 25.9 Å². The monoisotopic (exact) mass is 557 g/mol. The van der Waals surface area contributed by atoms with Gasteiger partial charge in [0.25, 0.3) is 5.91 Å². The molecular formula is C22H29Cl2N7O4S. The number of hydrogen-bond acceptors (Lipinski definition) is 8. The topological polar surface area (TPSA) is 137 Å². The number of hydrogen-bond donors (Lipinski definition) is 3. The molecule has 0 saturated carbocycles. The molecule has 2 atom stereocenters. The molecule has 3 N–H and O–H groups in total. The van der Waals surface area contributed by atoms with Gasteiger partial charge in [0.15, 0.2) is 5.01 Å². The third kappa shape index (κ3) is 7.60. The Balaban J connectivity index is 0.00000456. The maximum absolute atomic E-state index is 13.0. The Bertz CT molecular complexity index is 1110. The molecule has 0 bridgehead atoms. The summed E-state index contributed by atoms with van der Waals surface area (Å²) < 4.78 is 0. The van der Waals surface area contributed by atoms with Crippen LogP contribution in [-0.4, -0.2) is 83.7 Å². The summed E-state index contributed by atoms with van der Waals surface area (Å²) in [6.45, 7) is 3.11. The molecule has 0 saturated heterocycles. The summed E-state index contributed by atoms with van der Waals surface area (Å²) in [4.78, 5) is 63.2. The average Bonchev–Trinajstić information content (AvgIpc) is 3.25. The first-order valence-corrected chi connectivity index (χ1v) is 12.1. The molecule has 0 fully saturated rings. The van der Waals surface area contributed by atoms with Gasteiger partial charge in [0.1, 0.15) is 5.82 Å². The molecule has 1 aliphatic heterocycles. The van der Waals surface area contributed by atoms with Gasteiger partial charge in [0, 0.05) is 51.2 Å². The molecule has 0 spiro atoms. The predicted octanol–water partition coefficient (Wildman–Crippen LogP) is 1.18. The number of rotatable bonds is 7. The maximum atomic E-state index is 13.0. The van der Waals surface area contributed by atoms with Crippen LogP contribution in [0.15, 0.2) is 18.3 Å². The minimum Gasteiger partial charge on any atom is -0.349 e. The van der Waals surface area contributed by atoms with Crippen LogP contribution in [0.4, 0.5) is 5.82 Å². The molecule has 0 radical (unpaired) electrons. The fourth-order valence-corrected chi connectivity index (χ4v) is 4.69. The van der Waals surface area contributed by atoms with E-state index in [4.69, 9.17) is 11.6 Å².